The van der Waals surface area contributed by atoms with E-state index in [-0.39, 0.29) is 6.54 Å². The Morgan fingerprint density at radius 1 is 1.25 bits per heavy atom. The van der Waals surface area contributed by atoms with Gasteiger partial charge in [-0.3, -0.25) is 4.79 Å². The van der Waals surface area contributed by atoms with Gasteiger partial charge in [0.15, 0.2) is 0 Å². The second-order valence-electron chi connectivity index (χ2n) is 4.30. The molecule has 1 aromatic carbocycles. The number of carboxylic acids is 1. The molecule has 0 aliphatic heterocycles. The number of aryl methyl sites for hydroxylation is 1. The number of rotatable bonds is 8. The molecule has 1 N–H and O–H groups in total. The standard InChI is InChI=1S/C13H16N4O2S/c18-12(19)10-17-13(14-15-16-17)20-9-5-4-8-11-6-2-1-3-7-11/h1-3,6-7H,4-5,8-10H2,(H,18,19). The number of aromatic nitrogens is 4. The molecule has 0 aliphatic rings. The maximum absolute atomic E-state index is 10.6. The third kappa shape index (κ3) is 4.65. The molecule has 6 nitrogen and oxygen atoms in total. The van der Waals surface area contributed by atoms with Gasteiger partial charge < -0.3 is 5.11 Å². The normalized spacial score (nSPS) is 10.6. The van der Waals surface area contributed by atoms with Crippen LogP contribution >= 0.6 is 11.8 Å². The predicted octanol–water partition coefficient (Wildman–Crippen LogP) is 1.87. The molecule has 7 heteroatoms. The Kier molecular flexibility index (Phi) is 5.55. The Bertz CT molecular complexity index is 544. The lowest BCUT2D eigenvalue weighted by Crippen LogP contribution is -2.11. The molecular weight excluding hydrogens is 276 g/mol. The molecule has 0 saturated heterocycles. The molecule has 0 bridgehead atoms. The molecule has 0 aliphatic carbocycles. The summed E-state index contributed by atoms with van der Waals surface area (Å²) in [4.78, 5) is 10.6. The molecule has 1 aromatic heterocycles. The smallest absolute Gasteiger partial charge is 0.325 e. The highest BCUT2D eigenvalue weighted by Crippen LogP contribution is 2.16. The fourth-order valence-corrected chi connectivity index (χ4v) is 2.64. The van der Waals surface area contributed by atoms with Gasteiger partial charge in [-0.1, -0.05) is 42.1 Å². The Hall–Kier alpha value is -1.89. The van der Waals surface area contributed by atoms with Crippen LogP contribution in [-0.2, 0) is 17.8 Å². The van der Waals surface area contributed by atoms with E-state index in [2.05, 4.69) is 27.7 Å². The van der Waals surface area contributed by atoms with Crippen molar-refractivity contribution < 1.29 is 9.90 Å². The van der Waals surface area contributed by atoms with Crippen LogP contribution in [0.25, 0.3) is 0 Å². The molecule has 0 spiro atoms. The van der Waals surface area contributed by atoms with E-state index in [1.165, 1.54) is 22.0 Å². The zero-order valence-electron chi connectivity index (χ0n) is 11.0. The van der Waals surface area contributed by atoms with Crippen LogP contribution in [0.1, 0.15) is 18.4 Å². The lowest BCUT2D eigenvalue weighted by molar-refractivity contribution is -0.138. The Morgan fingerprint density at radius 3 is 2.80 bits per heavy atom. The van der Waals surface area contributed by atoms with Gasteiger partial charge in [-0.05, 0) is 35.3 Å². The third-order valence-corrected chi connectivity index (χ3v) is 3.76. The quantitative estimate of drug-likeness (QED) is 0.591. The fraction of sp³-hybridized carbons (Fsp3) is 0.385. The minimum atomic E-state index is -0.941. The molecule has 106 valence electrons. The van der Waals surface area contributed by atoms with Crippen LogP contribution in [0.2, 0.25) is 0 Å². The minimum absolute atomic E-state index is 0.195. The number of carbonyl (C=O) groups is 1. The van der Waals surface area contributed by atoms with Crippen LogP contribution in [0.15, 0.2) is 35.5 Å². The Morgan fingerprint density at radius 2 is 2.05 bits per heavy atom. The van der Waals surface area contributed by atoms with Crippen molar-refractivity contribution in [3.8, 4) is 0 Å². The zero-order valence-corrected chi connectivity index (χ0v) is 11.8. The molecule has 0 radical (unpaired) electrons. The topological polar surface area (TPSA) is 80.9 Å². The SMILES string of the molecule is O=C(O)Cn1nnnc1SCCCCc1ccccc1. The van der Waals surface area contributed by atoms with Gasteiger partial charge in [-0.15, -0.1) is 5.10 Å². The second kappa shape index (κ2) is 7.64. The number of benzene rings is 1. The monoisotopic (exact) mass is 292 g/mol. The maximum atomic E-state index is 10.6. The number of aliphatic carboxylic acids is 1. The molecule has 0 atom stereocenters. The predicted molar refractivity (Wildman–Crippen MR) is 75.6 cm³/mol. The third-order valence-electron chi connectivity index (χ3n) is 2.72. The molecule has 0 saturated carbocycles. The lowest BCUT2D eigenvalue weighted by Gasteiger charge is -2.02. The number of tetrazole rings is 1. The molecule has 0 fully saturated rings. The molecule has 1 heterocycles. The van der Waals surface area contributed by atoms with E-state index in [1.54, 1.807) is 0 Å². The first kappa shape index (κ1) is 14.5. The fourth-order valence-electron chi connectivity index (χ4n) is 1.77. The molecule has 2 rings (SSSR count). The zero-order chi connectivity index (χ0) is 14.2. The summed E-state index contributed by atoms with van der Waals surface area (Å²) < 4.78 is 1.31. The van der Waals surface area contributed by atoms with E-state index in [0.717, 1.165) is 25.0 Å². The van der Waals surface area contributed by atoms with Crippen molar-refractivity contribution in [1.29, 1.82) is 0 Å². The van der Waals surface area contributed by atoms with Crippen molar-refractivity contribution in [3.63, 3.8) is 0 Å². The van der Waals surface area contributed by atoms with Crippen LogP contribution < -0.4 is 0 Å². The molecule has 20 heavy (non-hydrogen) atoms. The van der Waals surface area contributed by atoms with Gasteiger partial charge in [0.1, 0.15) is 6.54 Å². The van der Waals surface area contributed by atoms with Gasteiger partial charge >= 0.3 is 5.97 Å². The van der Waals surface area contributed by atoms with Crippen molar-refractivity contribution in [1.82, 2.24) is 20.2 Å². The highest BCUT2D eigenvalue weighted by Gasteiger charge is 2.09. The first-order valence-electron chi connectivity index (χ1n) is 6.40. The molecular formula is C13H16N4O2S. The highest BCUT2D eigenvalue weighted by molar-refractivity contribution is 7.99. The van der Waals surface area contributed by atoms with Gasteiger partial charge in [0.05, 0.1) is 0 Å². The van der Waals surface area contributed by atoms with Crippen molar-refractivity contribution in [3.05, 3.63) is 35.9 Å². The number of hydrogen-bond acceptors (Lipinski definition) is 5. The Balaban J connectivity index is 1.68. The van der Waals surface area contributed by atoms with E-state index < -0.39 is 5.97 Å². The first-order valence-corrected chi connectivity index (χ1v) is 7.39. The summed E-state index contributed by atoms with van der Waals surface area (Å²) >= 11 is 1.49. The van der Waals surface area contributed by atoms with Crippen LogP contribution in [0.5, 0.6) is 0 Å². The average Bonchev–Trinajstić information content (AvgIpc) is 2.86. The van der Waals surface area contributed by atoms with Gasteiger partial charge in [0.2, 0.25) is 5.16 Å². The maximum Gasteiger partial charge on any atom is 0.325 e. The summed E-state index contributed by atoms with van der Waals surface area (Å²) in [6.07, 6.45) is 3.19. The lowest BCUT2D eigenvalue weighted by atomic mass is 10.1. The number of carboxylic acid groups (broad SMARTS) is 1. The van der Waals surface area contributed by atoms with Crippen LogP contribution in [0.3, 0.4) is 0 Å². The van der Waals surface area contributed by atoms with E-state index in [1.807, 2.05) is 18.2 Å². The van der Waals surface area contributed by atoms with Crippen LogP contribution in [0.4, 0.5) is 0 Å². The van der Waals surface area contributed by atoms with Crippen molar-refractivity contribution in [2.45, 2.75) is 31.0 Å². The summed E-state index contributed by atoms with van der Waals surface area (Å²) in [6.45, 7) is -0.195. The minimum Gasteiger partial charge on any atom is -0.480 e. The Labute approximate surface area is 121 Å². The van der Waals surface area contributed by atoms with Crippen molar-refractivity contribution in [2.24, 2.45) is 0 Å². The van der Waals surface area contributed by atoms with Crippen molar-refractivity contribution >= 4 is 17.7 Å². The van der Waals surface area contributed by atoms with Crippen LogP contribution in [-0.4, -0.2) is 37.0 Å². The number of nitrogens with zero attached hydrogens (tertiary/aromatic N) is 4. The van der Waals surface area contributed by atoms with Gasteiger partial charge in [-0.2, -0.15) is 0 Å². The van der Waals surface area contributed by atoms with E-state index in [4.69, 9.17) is 5.11 Å². The summed E-state index contributed by atoms with van der Waals surface area (Å²) in [7, 11) is 0. The summed E-state index contributed by atoms with van der Waals surface area (Å²) in [5.41, 5.74) is 1.34. The molecule has 2 aromatic rings. The van der Waals surface area contributed by atoms with E-state index in [0.29, 0.717) is 5.16 Å². The molecule has 0 unspecified atom stereocenters. The number of thioether (sulfide) groups is 1. The molecule has 0 amide bonds. The number of unbranched alkanes of at least 4 members (excludes halogenated alkanes) is 1. The largest absolute Gasteiger partial charge is 0.480 e. The van der Waals surface area contributed by atoms with Crippen LogP contribution in [0, 0.1) is 0 Å². The van der Waals surface area contributed by atoms with Gasteiger partial charge in [0, 0.05) is 5.75 Å². The van der Waals surface area contributed by atoms with E-state index >= 15 is 0 Å². The average molecular weight is 292 g/mol. The second-order valence-corrected chi connectivity index (χ2v) is 5.37. The number of hydrogen-bond donors (Lipinski definition) is 1. The highest BCUT2D eigenvalue weighted by atomic mass is 32.2. The van der Waals surface area contributed by atoms with Crippen molar-refractivity contribution in [2.75, 3.05) is 5.75 Å². The summed E-state index contributed by atoms with van der Waals surface area (Å²) in [6, 6.07) is 10.4. The van der Waals surface area contributed by atoms with E-state index in [9.17, 15) is 4.79 Å². The summed E-state index contributed by atoms with van der Waals surface area (Å²) in [5, 5.41) is 20.3. The van der Waals surface area contributed by atoms with Gasteiger partial charge in [-0.25, -0.2) is 4.68 Å². The first-order chi connectivity index (χ1) is 9.75. The van der Waals surface area contributed by atoms with Gasteiger partial charge in [0.25, 0.3) is 0 Å². The summed E-state index contributed by atoms with van der Waals surface area (Å²) in [5.74, 6) is -0.0597.